The molecule has 4 heteroatoms. The van der Waals surface area contributed by atoms with Gasteiger partial charge in [0.1, 0.15) is 5.75 Å². The standard InChI is InChI=1S/C21H30N2O2/c24-21(23-18-13-16-9-10-17(14-18)22-16)11-8-15-4-3-7-20(12-15)25-19-5-1-2-6-19/h3-4,7,12,16-19,22H,1-2,5-6,8-11,13-14H2,(H,23,24). The number of fused-ring (bicyclic) bond motifs is 2. The average Bonchev–Trinajstić information content (AvgIpc) is 3.23. The van der Waals surface area contributed by atoms with E-state index in [0.717, 1.165) is 25.0 Å². The summed E-state index contributed by atoms with van der Waals surface area (Å²) in [6, 6.07) is 9.88. The van der Waals surface area contributed by atoms with E-state index in [2.05, 4.69) is 22.8 Å². The number of piperidine rings is 1. The van der Waals surface area contributed by atoms with Crippen molar-refractivity contribution in [2.75, 3.05) is 0 Å². The number of ether oxygens (including phenoxy) is 1. The molecule has 1 aromatic carbocycles. The highest BCUT2D eigenvalue weighted by Crippen LogP contribution is 2.27. The van der Waals surface area contributed by atoms with Crippen molar-refractivity contribution in [3.05, 3.63) is 29.8 Å². The predicted molar refractivity (Wildman–Crippen MR) is 98.8 cm³/mol. The van der Waals surface area contributed by atoms with Crippen molar-refractivity contribution in [2.45, 2.75) is 88.4 Å². The average molecular weight is 342 g/mol. The lowest BCUT2D eigenvalue weighted by molar-refractivity contribution is -0.122. The van der Waals surface area contributed by atoms with Gasteiger partial charge in [0.15, 0.2) is 0 Å². The summed E-state index contributed by atoms with van der Waals surface area (Å²) >= 11 is 0. The molecule has 2 atom stereocenters. The van der Waals surface area contributed by atoms with Crippen LogP contribution in [0.5, 0.6) is 5.75 Å². The summed E-state index contributed by atoms with van der Waals surface area (Å²) < 4.78 is 6.07. The molecule has 1 aliphatic carbocycles. The molecule has 2 saturated heterocycles. The molecule has 25 heavy (non-hydrogen) atoms. The number of amides is 1. The summed E-state index contributed by atoms with van der Waals surface area (Å²) in [7, 11) is 0. The third kappa shape index (κ3) is 4.55. The molecule has 1 aromatic rings. The van der Waals surface area contributed by atoms with E-state index in [-0.39, 0.29) is 5.91 Å². The van der Waals surface area contributed by atoms with Gasteiger partial charge in [-0.3, -0.25) is 4.79 Å². The highest BCUT2D eigenvalue weighted by atomic mass is 16.5. The fourth-order valence-electron chi connectivity index (χ4n) is 4.71. The van der Waals surface area contributed by atoms with Crippen LogP contribution in [0.3, 0.4) is 0 Å². The molecule has 2 N–H and O–H groups in total. The van der Waals surface area contributed by atoms with Crippen LogP contribution in [0.1, 0.15) is 63.4 Å². The summed E-state index contributed by atoms with van der Waals surface area (Å²) in [5, 5.41) is 6.87. The van der Waals surface area contributed by atoms with Gasteiger partial charge >= 0.3 is 0 Å². The highest BCUT2D eigenvalue weighted by molar-refractivity contribution is 5.76. The molecule has 2 aliphatic heterocycles. The van der Waals surface area contributed by atoms with E-state index in [9.17, 15) is 4.79 Å². The van der Waals surface area contributed by atoms with E-state index in [1.807, 2.05) is 12.1 Å². The van der Waals surface area contributed by atoms with Crippen LogP contribution in [0.4, 0.5) is 0 Å². The van der Waals surface area contributed by atoms with E-state index >= 15 is 0 Å². The molecule has 0 aromatic heterocycles. The zero-order valence-corrected chi connectivity index (χ0v) is 15.0. The van der Waals surface area contributed by atoms with E-state index in [1.54, 1.807) is 0 Å². The maximum Gasteiger partial charge on any atom is 0.220 e. The first kappa shape index (κ1) is 16.9. The quantitative estimate of drug-likeness (QED) is 0.834. The molecule has 2 bridgehead atoms. The second-order valence-electron chi connectivity index (χ2n) is 8.05. The first-order chi connectivity index (χ1) is 12.2. The SMILES string of the molecule is O=C(CCc1cccc(OC2CCCC2)c1)NC1CC2CCC(C1)N2. The van der Waals surface area contributed by atoms with Gasteiger partial charge in [-0.1, -0.05) is 12.1 Å². The number of carbonyl (C=O) groups is 1. The number of hydrogen-bond donors (Lipinski definition) is 2. The van der Waals surface area contributed by atoms with Crippen LogP contribution >= 0.6 is 0 Å². The summed E-state index contributed by atoms with van der Waals surface area (Å²) in [5.41, 5.74) is 1.19. The summed E-state index contributed by atoms with van der Waals surface area (Å²) in [6.07, 6.45) is 11.4. The zero-order valence-electron chi connectivity index (χ0n) is 15.0. The van der Waals surface area contributed by atoms with Crippen molar-refractivity contribution in [3.8, 4) is 5.75 Å². The lowest BCUT2D eigenvalue weighted by Gasteiger charge is -2.29. The molecule has 2 unspecified atom stereocenters. The fourth-order valence-corrected chi connectivity index (χ4v) is 4.71. The van der Waals surface area contributed by atoms with Gasteiger partial charge in [-0.15, -0.1) is 0 Å². The van der Waals surface area contributed by atoms with E-state index in [4.69, 9.17) is 4.74 Å². The number of hydrogen-bond acceptors (Lipinski definition) is 3. The molecule has 0 radical (unpaired) electrons. The molecule has 0 spiro atoms. The van der Waals surface area contributed by atoms with Crippen LogP contribution in [-0.2, 0) is 11.2 Å². The van der Waals surface area contributed by atoms with Gasteiger partial charge in [0.2, 0.25) is 5.91 Å². The van der Waals surface area contributed by atoms with Crippen LogP contribution in [0.25, 0.3) is 0 Å². The van der Waals surface area contributed by atoms with Crippen LogP contribution in [-0.4, -0.2) is 30.1 Å². The Morgan fingerprint density at radius 2 is 1.88 bits per heavy atom. The Bertz CT molecular complexity index is 585. The van der Waals surface area contributed by atoms with Crippen molar-refractivity contribution >= 4 is 5.91 Å². The number of benzene rings is 1. The molecular weight excluding hydrogens is 312 g/mol. The van der Waals surface area contributed by atoms with Crippen molar-refractivity contribution < 1.29 is 9.53 Å². The Kier molecular flexibility index (Phi) is 5.25. The van der Waals surface area contributed by atoms with E-state index in [0.29, 0.717) is 30.7 Å². The summed E-state index contributed by atoms with van der Waals surface area (Å²) in [6.45, 7) is 0. The molecule has 136 valence electrons. The molecule has 3 fully saturated rings. The fraction of sp³-hybridized carbons (Fsp3) is 0.667. The second kappa shape index (κ2) is 7.77. The maximum absolute atomic E-state index is 12.3. The Hall–Kier alpha value is -1.55. The van der Waals surface area contributed by atoms with Gasteiger partial charge in [-0.05, 0) is 75.5 Å². The first-order valence-corrected chi connectivity index (χ1v) is 10.1. The first-order valence-electron chi connectivity index (χ1n) is 10.1. The van der Waals surface area contributed by atoms with Crippen molar-refractivity contribution in [1.29, 1.82) is 0 Å². The molecule has 4 nitrogen and oxygen atoms in total. The third-order valence-corrected chi connectivity index (χ3v) is 5.98. The van der Waals surface area contributed by atoms with Gasteiger partial charge in [-0.2, -0.15) is 0 Å². The van der Waals surface area contributed by atoms with Crippen molar-refractivity contribution in [1.82, 2.24) is 10.6 Å². The number of nitrogens with one attached hydrogen (secondary N) is 2. The largest absolute Gasteiger partial charge is 0.490 e. The van der Waals surface area contributed by atoms with E-state index < -0.39 is 0 Å². The second-order valence-corrected chi connectivity index (χ2v) is 8.05. The normalized spacial score (nSPS) is 28.9. The molecule has 2 heterocycles. The topological polar surface area (TPSA) is 50.4 Å². The van der Waals surface area contributed by atoms with Gasteiger partial charge in [0, 0.05) is 24.5 Å². The molecule has 3 aliphatic rings. The van der Waals surface area contributed by atoms with Crippen LogP contribution in [0, 0.1) is 0 Å². The van der Waals surface area contributed by atoms with Crippen LogP contribution < -0.4 is 15.4 Å². The van der Waals surface area contributed by atoms with Gasteiger partial charge in [-0.25, -0.2) is 0 Å². The smallest absolute Gasteiger partial charge is 0.220 e. The highest BCUT2D eigenvalue weighted by Gasteiger charge is 2.33. The molecule has 1 amide bonds. The van der Waals surface area contributed by atoms with Crippen LogP contribution in [0.2, 0.25) is 0 Å². The Labute approximate surface area is 150 Å². The third-order valence-electron chi connectivity index (χ3n) is 5.98. The minimum absolute atomic E-state index is 0.188. The predicted octanol–water partition coefficient (Wildman–Crippen LogP) is 3.34. The molecule has 4 rings (SSSR count). The van der Waals surface area contributed by atoms with Gasteiger partial charge in [0.25, 0.3) is 0 Å². The Morgan fingerprint density at radius 1 is 1.12 bits per heavy atom. The number of aryl methyl sites for hydroxylation is 1. The molecule has 1 saturated carbocycles. The lowest BCUT2D eigenvalue weighted by atomic mass is 9.99. The summed E-state index contributed by atoms with van der Waals surface area (Å²) in [5.74, 6) is 1.15. The maximum atomic E-state index is 12.3. The minimum Gasteiger partial charge on any atom is -0.490 e. The number of rotatable bonds is 6. The number of carbonyl (C=O) groups excluding carboxylic acids is 1. The lowest BCUT2D eigenvalue weighted by Crippen LogP contribution is -2.48. The molecular formula is C21H30N2O2. The monoisotopic (exact) mass is 342 g/mol. The Morgan fingerprint density at radius 3 is 2.64 bits per heavy atom. The van der Waals surface area contributed by atoms with Gasteiger partial charge < -0.3 is 15.4 Å². The van der Waals surface area contributed by atoms with Crippen molar-refractivity contribution in [3.63, 3.8) is 0 Å². The van der Waals surface area contributed by atoms with E-state index in [1.165, 1.54) is 44.1 Å². The zero-order chi connectivity index (χ0) is 17.1. The minimum atomic E-state index is 0.188. The Balaban J connectivity index is 1.24. The van der Waals surface area contributed by atoms with Gasteiger partial charge in [0.05, 0.1) is 6.10 Å². The summed E-state index contributed by atoms with van der Waals surface area (Å²) in [4.78, 5) is 12.3. The van der Waals surface area contributed by atoms with Crippen molar-refractivity contribution in [2.24, 2.45) is 0 Å². The van der Waals surface area contributed by atoms with Crippen LogP contribution in [0.15, 0.2) is 24.3 Å².